The summed E-state index contributed by atoms with van der Waals surface area (Å²) >= 11 is 1.70. The van der Waals surface area contributed by atoms with Gasteiger partial charge in [-0.2, -0.15) is 0 Å². The van der Waals surface area contributed by atoms with E-state index >= 15 is 0 Å². The Kier molecular flexibility index (Phi) is 6.26. The van der Waals surface area contributed by atoms with Gasteiger partial charge in [-0.3, -0.25) is 0 Å². The number of hydrogen-bond acceptors (Lipinski definition) is 6. The summed E-state index contributed by atoms with van der Waals surface area (Å²) in [4.78, 5) is 14.0. The lowest BCUT2D eigenvalue weighted by Crippen LogP contribution is -2.26. The second kappa shape index (κ2) is 8.21. The van der Waals surface area contributed by atoms with E-state index in [2.05, 4.69) is 34.3 Å². The molecule has 0 bridgehead atoms. The third-order valence-electron chi connectivity index (χ3n) is 3.02. The summed E-state index contributed by atoms with van der Waals surface area (Å²) in [6, 6.07) is 0. The molecule has 1 aliphatic heterocycles. The number of aromatic nitrogens is 2. The SMILES string of the molecule is CCCSc1ncc(CNC[C@@H]2CC(CC)=NO2)cn1. The van der Waals surface area contributed by atoms with Gasteiger partial charge >= 0.3 is 0 Å². The average Bonchev–Trinajstić information content (AvgIpc) is 2.94. The highest BCUT2D eigenvalue weighted by molar-refractivity contribution is 7.99. The molecule has 1 N–H and O–H groups in total. The van der Waals surface area contributed by atoms with E-state index < -0.39 is 0 Å². The molecule has 1 aromatic rings. The predicted octanol–water partition coefficient (Wildman–Crippen LogP) is 2.62. The van der Waals surface area contributed by atoms with E-state index in [0.717, 1.165) is 54.5 Å². The summed E-state index contributed by atoms with van der Waals surface area (Å²) in [6.07, 6.45) is 7.00. The van der Waals surface area contributed by atoms with Gasteiger partial charge in [0.2, 0.25) is 0 Å². The van der Waals surface area contributed by atoms with Crippen LogP contribution in [0.1, 0.15) is 38.7 Å². The maximum absolute atomic E-state index is 5.35. The van der Waals surface area contributed by atoms with E-state index in [1.165, 1.54) is 0 Å². The lowest BCUT2D eigenvalue weighted by Gasteiger charge is -2.09. The monoisotopic (exact) mass is 294 g/mol. The summed E-state index contributed by atoms with van der Waals surface area (Å²) in [5.41, 5.74) is 2.25. The first kappa shape index (κ1) is 15.3. The van der Waals surface area contributed by atoms with Crippen LogP contribution in [-0.2, 0) is 11.4 Å². The smallest absolute Gasteiger partial charge is 0.187 e. The number of hydrogen-bond donors (Lipinski definition) is 1. The zero-order valence-electron chi connectivity index (χ0n) is 12.1. The zero-order chi connectivity index (χ0) is 14.2. The summed E-state index contributed by atoms with van der Waals surface area (Å²) in [5, 5.41) is 8.27. The van der Waals surface area contributed by atoms with Crippen molar-refractivity contribution in [1.29, 1.82) is 0 Å². The van der Waals surface area contributed by atoms with Crippen LogP contribution < -0.4 is 5.32 Å². The van der Waals surface area contributed by atoms with E-state index in [-0.39, 0.29) is 6.10 Å². The van der Waals surface area contributed by atoms with Crippen LogP contribution in [0, 0.1) is 0 Å². The molecule has 20 heavy (non-hydrogen) atoms. The van der Waals surface area contributed by atoms with E-state index in [4.69, 9.17) is 4.84 Å². The second-order valence-electron chi connectivity index (χ2n) is 4.80. The van der Waals surface area contributed by atoms with Crippen LogP contribution >= 0.6 is 11.8 Å². The molecule has 0 aliphatic carbocycles. The summed E-state index contributed by atoms with van der Waals surface area (Å²) in [7, 11) is 0. The second-order valence-corrected chi connectivity index (χ2v) is 5.86. The lowest BCUT2D eigenvalue weighted by molar-refractivity contribution is 0.0848. The molecule has 2 heterocycles. The molecule has 1 aliphatic rings. The molecule has 0 saturated carbocycles. The Morgan fingerprint density at radius 2 is 2.15 bits per heavy atom. The van der Waals surface area contributed by atoms with Crippen LogP contribution in [0.5, 0.6) is 0 Å². The van der Waals surface area contributed by atoms with Crippen molar-refractivity contribution in [2.45, 2.75) is 50.9 Å². The van der Waals surface area contributed by atoms with Crippen molar-refractivity contribution in [1.82, 2.24) is 15.3 Å². The summed E-state index contributed by atoms with van der Waals surface area (Å²) in [5.74, 6) is 1.07. The van der Waals surface area contributed by atoms with Crippen molar-refractivity contribution in [3.63, 3.8) is 0 Å². The normalized spacial score (nSPS) is 17.9. The van der Waals surface area contributed by atoms with Crippen molar-refractivity contribution in [2.75, 3.05) is 12.3 Å². The van der Waals surface area contributed by atoms with E-state index in [9.17, 15) is 0 Å². The molecular formula is C14H22N4OS. The highest BCUT2D eigenvalue weighted by Gasteiger charge is 2.18. The Hall–Kier alpha value is -1.14. The van der Waals surface area contributed by atoms with Crippen LogP contribution in [0.3, 0.4) is 0 Å². The minimum Gasteiger partial charge on any atom is -0.391 e. The van der Waals surface area contributed by atoms with Gasteiger partial charge in [-0.1, -0.05) is 30.8 Å². The van der Waals surface area contributed by atoms with Gasteiger partial charge in [-0.15, -0.1) is 0 Å². The first-order chi connectivity index (χ1) is 9.81. The molecule has 5 nitrogen and oxygen atoms in total. The van der Waals surface area contributed by atoms with Crippen molar-refractivity contribution in [2.24, 2.45) is 5.16 Å². The average molecular weight is 294 g/mol. The van der Waals surface area contributed by atoms with Crippen LogP contribution in [-0.4, -0.2) is 34.1 Å². The van der Waals surface area contributed by atoms with Gasteiger partial charge in [-0.05, 0) is 12.8 Å². The highest BCUT2D eigenvalue weighted by Crippen LogP contribution is 2.13. The molecule has 1 aromatic heterocycles. The van der Waals surface area contributed by atoms with Gasteiger partial charge in [0, 0.05) is 43.2 Å². The van der Waals surface area contributed by atoms with Gasteiger partial charge < -0.3 is 10.2 Å². The Labute approximate surface area is 124 Å². The molecular weight excluding hydrogens is 272 g/mol. The Morgan fingerprint density at radius 3 is 2.80 bits per heavy atom. The van der Waals surface area contributed by atoms with Gasteiger partial charge in [0.25, 0.3) is 0 Å². The fourth-order valence-corrected chi connectivity index (χ4v) is 2.53. The molecule has 0 radical (unpaired) electrons. The molecule has 110 valence electrons. The highest BCUT2D eigenvalue weighted by atomic mass is 32.2. The molecule has 1 atom stereocenters. The quantitative estimate of drug-likeness (QED) is 0.590. The van der Waals surface area contributed by atoms with Crippen LogP contribution in [0.4, 0.5) is 0 Å². The van der Waals surface area contributed by atoms with Gasteiger partial charge in [0.1, 0.15) is 6.10 Å². The molecule has 0 unspecified atom stereocenters. The Balaban J connectivity index is 1.67. The van der Waals surface area contributed by atoms with E-state index in [1.807, 2.05) is 12.4 Å². The fourth-order valence-electron chi connectivity index (χ4n) is 1.88. The number of nitrogens with one attached hydrogen (secondary N) is 1. The van der Waals surface area contributed by atoms with Crippen molar-refractivity contribution in [3.05, 3.63) is 18.0 Å². The van der Waals surface area contributed by atoms with Crippen molar-refractivity contribution >= 4 is 17.5 Å². The maximum atomic E-state index is 5.35. The molecule has 6 heteroatoms. The standard InChI is InChI=1S/C14H22N4OS/c1-3-5-20-14-16-8-11(9-17-14)7-15-10-13-6-12(4-2)18-19-13/h8-9,13,15H,3-7,10H2,1-2H3/t13-/m0/s1. The summed E-state index contributed by atoms with van der Waals surface area (Å²) in [6.45, 7) is 5.83. The van der Waals surface area contributed by atoms with E-state index in [0.29, 0.717) is 0 Å². The molecule has 0 aromatic carbocycles. The zero-order valence-corrected chi connectivity index (χ0v) is 12.9. The van der Waals surface area contributed by atoms with E-state index in [1.54, 1.807) is 11.8 Å². The predicted molar refractivity (Wildman–Crippen MR) is 82.0 cm³/mol. The molecule has 0 fully saturated rings. The molecule has 0 amide bonds. The number of rotatable bonds is 8. The number of oxime groups is 1. The Morgan fingerprint density at radius 1 is 1.35 bits per heavy atom. The molecule has 0 saturated heterocycles. The first-order valence-corrected chi connectivity index (χ1v) is 8.16. The number of thioether (sulfide) groups is 1. The van der Waals surface area contributed by atoms with Crippen LogP contribution in [0.2, 0.25) is 0 Å². The first-order valence-electron chi connectivity index (χ1n) is 7.17. The van der Waals surface area contributed by atoms with Gasteiger partial charge in [0.05, 0.1) is 5.71 Å². The van der Waals surface area contributed by atoms with Gasteiger partial charge in [-0.25, -0.2) is 9.97 Å². The van der Waals surface area contributed by atoms with Crippen LogP contribution in [0.25, 0.3) is 0 Å². The fraction of sp³-hybridized carbons (Fsp3) is 0.643. The topological polar surface area (TPSA) is 59.4 Å². The maximum Gasteiger partial charge on any atom is 0.187 e. The van der Waals surface area contributed by atoms with Crippen LogP contribution in [0.15, 0.2) is 22.7 Å². The Bertz CT molecular complexity index is 435. The largest absolute Gasteiger partial charge is 0.391 e. The minimum atomic E-state index is 0.172. The van der Waals surface area contributed by atoms with Crippen molar-refractivity contribution < 1.29 is 4.84 Å². The third kappa shape index (κ3) is 4.76. The number of nitrogens with zero attached hydrogens (tertiary/aromatic N) is 3. The van der Waals surface area contributed by atoms with Gasteiger partial charge in [0.15, 0.2) is 5.16 Å². The molecule has 2 rings (SSSR count). The third-order valence-corrected chi connectivity index (χ3v) is 4.10. The minimum absolute atomic E-state index is 0.172. The molecule has 0 spiro atoms. The lowest BCUT2D eigenvalue weighted by atomic mass is 10.1. The summed E-state index contributed by atoms with van der Waals surface area (Å²) < 4.78 is 0. The van der Waals surface area contributed by atoms with Crippen molar-refractivity contribution in [3.8, 4) is 0 Å².